The maximum atomic E-state index is 10.7. The Morgan fingerprint density at radius 3 is 2.19 bits per heavy atom. The van der Waals surface area contributed by atoms with Crippen LogP contribution in [-0.4, -0.2) is 28.1 Å². The zero-order chi connectivity index (χ0) is 22.4. The van der Waals surface area contributed by atoms with Gasteiger partial charge in [0, 0.05) is 29.6 Å². The number of anilines is 1. The number of thiazole rings is 1. The first-order valence-corrected chi connectivity index (χ1v) is 11.1. The van der Waals surface area contributed by atoms with E-state index in [1.165, 1.54) is 5.56 Å². The summed E-state index contributed by atoms with van der Waals surface area (Å²) in [4.78, 5) is 18.0. The van der Waals surface area contributed by atoms with E-state index in [0.29, 0.717) is 5.70 Å². The lowest BCUT2D eigenvalue weighted by Crippen LogP contribution is -2.23. The molecule has 7 heteroatoms. The molecule has 32 heavy (non-hydrogen) atoms. The molecule has 0 aliphatic heterocycles. The minimum Gasteiger partial charge on any atom is -0.480 e. The molecule has 0 amide bonds. The van der Waals surface area contributed by atoms with Crippen molar-refractivity contribution in [2.45, 2.75) is 39.3 Å². The van der Waals surface area contributed by atoms with Gasteiger partial charge in [0.2, 0.25) is 0 Å². The maximum absolute atomic E-state index is 10.7. The lowest BCUT2D eigenvalue weighted by atomic mass is 9.93. The minimum atomic E-state index is -0.910. The molecule has 0 spiro atoms. The number of nitrogens with zero attached hydrogens (tertiary/aromatic N) is 2. The van der Waals surface area contributed by atoms with Crippen molar-refractivity contribution in [1.82, 2.24) is 10.3 Å². The second kappa shape index (κ2) is 10.9. The molecule has 4 N–H and O–H groups in total. The molecule has 6 nitrogen and oxygen atoms in total. The number of carboxylic acids is 1. The second-order valence-corrected chi connectivity index (χ2v) is 9.37. The summed E-state index contributed by atoms with van der Waals surface area (Å²) in [7, 11) is 0. The third-order valence-electron chi connectivity index (χ3n) is 4.88. The summed E-state index contributed by atoms with van der Waals surface area (Å²) >= 11 is 1.68. The van der Waals surface area contributed by atoms with Crippen LogP contribution < -0.4 is 10.2 Å². The van der Waals surface area contributed by atoms with E-state index < -0.39 is 5.97 Å². The van der Waals surface area contributed by atoms with Crippen molar-refractivity contribution < 1.29 is 15.4 Å². The first-order valence-electron chi connectivity index (χ1n) is 10.2. The largest absolute Gasteiger partial charge is 0.480 e. The van der Waals surface area contributed by atoms with E-state index in [1.807, 2.05) is 18.2 Å². The van der Waals surface area contributed by atoms with Crippen LogP contribution in [0.15, 0.2) is 66.6 Å². The van der Waals surface area contributed by atoms with Gasteiger partial charge in [-0.15, -0.1) is 11.3 Å². The number of hydrogen-bond acceptors (Lipinski definition) is 5. The normalized spacial score (nSPS) is 10.8. The summed E-state index contributed by atoms with van der Waals surface area (Å²) in [6.07, 6.45) is 0. The van der Waals surface area contributed by atoms with Crippen LogP contribution in [0.3, 0.4) is 0 Å². The number of carbonyl (C=O) groups is 1. The van der Waals surface area contributed by atoms with Crippen molar-refractivity contribution in [3.8, 4) is 0 Å². The van der Waals surface area contributed by atoms with Gasteiger partial charge in [-0.1, -0.05) is 81.9 Å². The van der Waals surface area contributed by atoms with Crippen LogP contribution in [0.4, 0.5) is 5.13 Å². The molecule has 0 aliphatic carbocycles. The van der Waals surface area contributed by atoms with Crippen LogP contribution in [-0.2, 0) is 23.3 Å². The van der Waals surface area contributed by atoms with Crippen LogP contribution in [0, 0.1) is 0 Å². The highest BCUT2D eigenvalue weighted by Gasteiger charge is 2.20. The fourth-order valence-corrected chi connectivity index (χ4v) is 4.12. The van der Waals surface area contributed by atoms with Crippen LogP contribution in [0.5, 0.6) is 0 Å². The highest BCUT2D eigenvalue weighted by molar-refractivity contribution is 7.13. The average molecular weight is 454 g/mol. The number of aliphatic carboxylic acids is 1. The Balaban J connectivity index is 0.00000363. The molecular formula is C25H31N3O3S. The van der Waals surface area contributed by atoms with Crippen LogP contribution in [0.2, 0.25) is 0 Å². The lowest BCUT2D eigenvalue weighted by molar-refractivity contribution is -0.135. The van der Waals surface area contributed by atoms with Crippen molar-refractivity contribution in [2.24, 2.45) is 0 Å². The molecule has 3 rings (SSSR count). The quantitative estimate of drug-likeness (QED) is 0.498. The zero-order valence-electron chi connectivity index (χ0n) is 18.8. The predicted octanol–water partition coefficient (Wildman–Crippen LogP) is 4.47. The van der Waals surface area contributed by atoms with Gasteiger partial charge in [-0.05, 0) is 16.7 Å². The smallest absolute Gasteiger partial charge is 0.322 e. The van der Waals surface area contributed by atoms with Crippen molar-refractivity contribution in [1.29, 1.82) is 0 Å². The summed E-state index contributed by atoms with van der Waals surface area (Å²) in [6.45, 7) is 11.8. The molecule has 1 aromatic heterocycles. The van der Waals surface area contributed by atoms with E-state index in [2.05, 4.69) is 79.3 Å². The van der Waals surface area contributed by atoms with Gasteiger partial charge in [-0.2, -0.15) is 0 Å². The molecule has 0 unspecified atom stereocenters. The number of hydrogen-bond donors (Lipinski definition) is 2. The van der Waals surface area contributed by atoms with E-state index in [4.69, 9.17) is 10.1 Å². The fraction of sp³-hybridized carbons (Fsp3) is 0.280. The molecule has 170 valence electrons. The van der Waals surface area contributed by atoms with Crippen molar-refractivity contribution in [3.63, 3.8) is 0 Å². The molecule has 0 saturated carbocycles. The highest BCUT2D eigenvalue weighted by Crippen LogP contribution is 2.30. The average Bonchev–Trinajstić information content (AvgIpc) is 3.24. The Hall–Kier alpha value is -3.16. The predicted molar refractivity (Wildman–Crippen MR) is 132 cm³/mol. The molecular weight excluding hydrogens is 422 g/mol. The number of aromatic nitrogens is 1. The Morgan fingerprint density at radius 1 is 1.06 bits per heavy atom. The topological polar surface area (TPSA) is 97.0 Å². The first kappa shape index (κ1) is 25.1. The minimum absolute atomic E-state index is 0. The Bertz CT molecular complexity index is 1020. The summed E-state index contributed by atoms with van der Waals surface area (Å²) in [5.74, 6) is -0.910. The van der Waals surface area contributed by atoms with Gasteiger partial charge in [0.1, 0.15) is 6.54 Å². The highest BCUT2D eigenvalue weighted by atomic mass is 32.1. The van der Waals surface area contributed by atoms with Gasteiger partial charge < -0.3 is 20.8 Å². The molecule has 0 radical (unpaired) electrons. The maximum Gasteiger partial charge on any atom is 0.322 e. The monoisotopic (exact) mass is 453 g/mol. The van der Waals surface area contributed by atoms with Gasteiger partial charge in [0.15, 0.2) is 5.13 Å². The number of rotatable bonds is 9. The van der Waals surface area contributed by atoms with Crippen molar-refractivity contribution in [3.05, 3.63) is 88.9 Å². The fourth-order valence-electron chi connectivity index (χ4n) is 3.07. The van der Waals surface area contributed by atoms with Gasteiger partial charge >= 0.3 is 5.97 Å². The lowest BCUT2D eigenvalue weighted by Gasteiger charge is -2.23. The molecule has 0 fully saturated rings. The first-order chi connectivity index (χ1) is 14.7. The third-order valence-corrected chi connectivity index (χ3v) is 5.78. The van der Waals surface area contributed by atoms with E-state index in [1.54, 1.807) is 11.3 Å². The Morgan fingerprint density at radius 2 is 1.66 bits per heavy atom. The molecule has 2 aromatic carbocycles. The molecule has 0 bridgehead atoms. The van der Waals surface area contributed by atoms with Crippen LogP contribution in [0.1, 0.15) is 43.2 Å². The number of nitrogens with one attached hydrogen (secondary N) is 1. The van der Waals surface area contributed by atoms with E-state index in [9.17, 15) is 4.79 Å². The zero-order valence-corrected chi connectivity index (χ0v) is 19.6. The summed E-state index contributed by atoms with van der Waals surface area (Å²) < 4.78 is 0. The summed E-state index contributed by atoms with van der Waals surface area (Å²) in [6, 6.07) is 18.4. The van der Waals surface area contributed by atoms with Gasteiger partial charge in [-0.3, -0.25) is 4.79 Å². The summed E-state index contributed by atoms with van der Waals surface area (Å²) in [5, 5.41) is 14.8. The standard InChI is InChI=1S/C25H29N3O2S.H2O/c1-18(26-14-23(29)30)21-12-10-20(11-13-21)16-28(15-19-8-6-5-7-9-19)24-27-22(17-31-24)25(2,3)4;/h5-13,17,26H,1,14-16H2,2-4H3,(H,29,30);1H2. The molecule has 0 saturated heterocycles. The molecule has 0 atom stereocenters. The second-order valence-electron chi connectivity index (χ2n) is 8.53. The molecule has 0 aliphatic rings. The van der Waals surface area contributed by atoms with E-state index in [-0.39, 0.29) is 17.4 Å². The molecule has 1 heterocycles. The Labute approximate surface area is 193 Å². The van der Waals surface area contributed by atoms with Crippen LogP contribution in [0.25, 0.3) is 5.70 Å². The van der Waals surface area contributed by atoms with Gasteiger partial charge in [-0.25, -0.2) is 4.98 Å². The third kappa shape index (κ3) is 6.93. The number of benzene rings is 2. The van der Waals surface area contributed by atoms with Gasteiger partial charge in [0.05, 0.1) is 5.69 Å². The van der Waals surface area contributed by atoms with E-state index >= 15 is 0 Å². The Kier molecular flexibility index (Phi) is 8.57. The SMILES string of the molecule is C=C(NCC(=O)O)c1ccc(CN(Cc2ccccc2)c2nc(C(C)(C)C)cs2)cc1.O. The van der Waals surface area contributed by atoms with Gasteiger partial charge in [0.25, 0.3) is 0 Å². The van der Waals surface area contributed by atoms with E-state index in [0.717, 1.165) is 35.0 Å². The van der Waals surface area contributed by atoms with Crippen molar-refractivity contribution in [2.75, 3.05) is 11.4 Å². The number of carboxylic acid groups (broad SMARTS) is 1. The van der Waals surface area contributed by atoms with Crippen molar-refractivity contribution >= 4 is 28.1 Å². The molecule has 3 aromatic rings. The summed E-state index contributed by atoms with van der Waals surface area (Å²) in [5.41, 5.74) is 4.98. The van der Waals surface area contributed by atoms with Crippen LogP contribution >= 0.6 is 11.3 Å².